The number of halogens is 2. The van der Waals surface area contributed by atoms with Crippen LogP contribution in [-0.4, -0.2) is 50.5 Å². The van der Waals surface area contributed by atoms with Crippen LogP contribution < -0.4 is 20.8 Å². The molecule has 1 aliphatic heterocycles. The molecule has 49 heavy (non-hydrogen) atoms. The summed E-state index contributed by atoms with van der Waals surface area (Å²) in [5, 5.41) is 23.0. The molecule has 14 heteroatoms. The van der Waals surface area contributed by atoms with E-state index in [9.17, 15) is 19.1 Å². The highest BCUT2D eigenvalue weighted by Crippen LogP contribution is 2.41. The van der Waals surface area contributed by atoms with Crippen molar-refractivity contribution in [2.75, 3.05) is 11.6 Å². The number of carbonyl (C=O) groups is 2. The number of aryl methyl sites for hydroxylation is 1. The number of ether oxygens (including phenoxy) is 2. The SMILES string of the molecule is C=NN(/C(C)=C\N)c1cc(F)ccc1CNC(=O)c1cc2nc(C)c([C@H](OC(C)(C)C)C(=O)O)c(-c3cc(F)c4c(c3C)CCCO4)n2n1. The molecule has 1 amide bonds. The van der Waals surface area contributed by atoms with Gasteiger partial charge in [0, 0.05) is 47.9 Å². The molecule has 2 aromatic carbocycles. The Morgan fingerprint density at radius 2 is 2.00 bits per heavy atom. The summed E-state index contributed by atoms with van der Waals surface area (Å²) in [7, 11) is 0. The van der Waals surface area contributed by atoms with Crippen LogP contribution in [0.1, 0.15) is 78.7 Å². The normalized spacial score (nSPS) is 13.8. The fourth-order valence-corrected chi connectivity index (χ4v) is 5.91. The number of anilines is 1. The highest BCUT2D eigenvalue weighted by atomic mass is 19.1. The third-order valence-electron chi connectivity index (χ3n) is 8.14. The van der Waals surface area contributed by atoms with Crippen LogP contribution in [0.15, 0.2) is 47.3 Å². The van der Waals surface area contributed by atoms with Gasteiger partial charge in [-0.15, -0.1) is 0 Å². The number of hydrazone groups is 1. The first-order valence-corrected chi connectivity index (χ1v) is 15.6. The lowest BCUT2D eigenvalue weighted by Crippen LogP contribution is -2.29. The largest absolute Gasteiger partial charge is 0.490 e. The Labute approximate surface area is 282 Å². The zero-order valence-corrected chi connectivity index (χ0v) is 28.2. The predicted molar refractivity (Wildman–Crippen MR) is 180 cm³/mol. The van der Waals surface area contributed by atoms with Gasteiger partial charge in [-0.3, -0.25) is 4.79 Å². The number of nitrogens with zero attached hydrogens (tertiary/aromatic N) is 5. The van der Waals surface area contributed by atoms with Crippen LogP contribution >= 0.6 is 0 Å². The summed E-state index contributed by atoms with van der Waals surface area (Å²) in [5.74, 6) is -2.83. The van der Waals surface area contributed by atoms with Crippen LogP contribution in [0.2, 0.25) is 0 Å². The second-order valence-corrected chi connectivity index (χ2v) is 12.7. The number of aliphatic carboxylic acids is 1. The second-order valence-electron chi connectivity index (χ2n) is 12.7. The van der Waals surface area contributed by atoms with E-state index in [2.05, 4.69) is 27.2 Å². The molecule has 0 unspecified atom stereocenters. The number of nitrogens with one attached hydrogen (secondary N) is 1. The Morgan fingerprint density at radius 3 is 2.65 bits per heavy atom. The Hall–Kier alpha value is -5.37. The van der Waals surface area contributed by atoms with Crippen molar-refractivity contribution in [1.82, 2.24) is 19.9 Å². The number of hydrogen-bond donors (Lipinski definition) is 3. The summed E-state index contributed by atoms with van der Waals surface area (Å²) < 4.78 is 42.9. The highest BCUT2D eigenvalue weighted by Gasteiger charge is 2.35. The summed E-state index contributed by atoms with van der Waals surface area (Å²) in [5.41, 5.74) is 8.67. The van der Waals surface area contributed by atoms with E-state index in [0.717, 1.165) is 0 Å². The monoisotopic (exact) mass is 675 g/mol. The first-order valence-electron chi connectivity index (χ1n) is 15.6. The van der Waals surface area contributed by atoms with Crippen molar-refractivity contribution in [2.45, 2.75) is 72.6 Å². The van der Waals surface area contributed by atoms with E-state index in [4.69, 9.17) is 15.2 Å². The van der Waals surface area contributed by atoms with Crippen molar-refractivity contribution < 1.29 is 33.0 Å². The Balaban J connectivity index is 1.65. The number of carboxylic acids is 1. The predicted octanol–water partition coefficient (Wildman–Crippen LogP) is 5.73. The average molecular weight is 676 g/mol. The lowest BCUT2D eigenvalue weighted by Gasteiger charge is -2.28. The standard InChI is InChI=1S/C35H39F2N7O5/c1-18(16-38)43(39-7)27-13-22(36)11-10-21(27)17-40-33(45)26-15-28-41-20(3)29(32(34(46)47)49-35(4,5)6)30(44(28)42-26)24-14-25(37)31-23(19(24)2)9-8-12-48-31/h10-11,13-16,32H,7-9,12,17,38H2,1-6H3,(H,40,45)(H,46,47)/b18-16-/t32-/m0/s1. The van der Waals surface area contributed by atoms with Gasteiger partial charge < -0.3 is 25.6 Å². The molecule has 3 heterocycles. The molecule has 1 aliphatic rings. The Kier molecular flexibility index (Phi) is 9.72. The van der Waals surface area contributed by atoms with E-state index < -0.39 is 35.2 Å². The summed E-state index contributed by atoms with van der Waals surface area (Å²) in [6, 6.07) is 6.75. The van der Waals surface area contributed by atoms with Gasteiger partial charge in [-0.1, -0.05) is 6.07 Å². The van der Waals surface area contributed by atoms with Gasteiger partial charge in [-0.25, -0.2) is 28.1 Å². The van der Waals surface area contributed by atoms with Gasteiger partial charge in [-0.2, -0.15) is 10.2 Å². The smallest absolute Gasteiger partial charge is 0.337 e. The zero-order valence-electron chi connectivity index (χ0n) is 28.2. The maximum absolute atomic E-state index is 15.6. The van der Waals surface area contributed by atoms with Crippen molar-refractivity contribution in [1.29, 1.82) is 0 Å². The first-order chi connectivity index (χ1) is 23.1. The second kappa shape index (κ2) is 13.6. The lowest BCUT2D eigenvalue weighted by atomic mass is 9.91. The molecule has 4 N–H and O–H groups in total. The summed E-state index contributed by atoms with van der Waals surface area (Å²) in [6.07, 6.45) is 1.04. The maximum atomic E-state index is 15.6. The fourth-order valence-electron chi connectivity index (χ4n) is 5.91. The van der Waals surface area contributed by atoms with Crippen molar-refractivity contribution in [3.05, 3.63) is 87.5 Å². The number of allylic oxidation sites excluding steroid dienone is 1. The molecule has 12 nitrogen and oxygen atoms in total. The van der Waals surface area contributed by atoms with Crippen molar-refractivity contribution in [3.8, 4) is 17.0 Å². The molecule has 0 saturated carbocycles. The summed E-state index contributed by atoms with van der Waals surface area (Å²) >= 11 is 0. The number of nitrogens with two attached hydrogens (primary N) is 1. The van der Waals surface area contributed by atoms with E-state index in [1.165, 1.54) is 46.1 Å². The van der Waals surface area contributed by atoms with Crippen LogP contribution in [0.4, 0.5) is 14.5 Å². The van der Waals surface area contributed by atoms with Gasteiger partial charge in [0.05, 0.1) is 29.3 Å². The summed E-state index contributed by atoms with van der Waals surface area (Å²) in [6.45, 7) is 14.2. The van der Waals surface area contributed by atoms with Gasteiger partial charge in [0.1, 0.15) is 5.82 Å². The molecule has 5 rings (SSSR count). The van der Waals surface area contributed by atoms with Gasteiger partial charge in [0.25, 0.3) is 5.91 Å². The minimum Gasteiger partial charge on any atom is -0.490 e. The molecule has 258 valence electrons. The van der Waals surface area contributed by atoms with E-state index in [-0.39, 0.29) is 34.9 Å². The third-order valence-corrected chi connectivity index (χ3v) is 8.14. The van der Waals surface area contributed by atoms with Gasteiger partial charge >= 0.3 is 5.97 Å². The first kappa shape index (κ1) is 35.0. The van der Waals surface area contributed by atoms with E-state index >= 15 is 4.39 Å². The van der Waals surface area contributed by atoms with Crippen molar-refractivity contribution in [3.63, 3.8) is 0 Å². The average Bonchev–Trinajstić information content (AvgIpc) is 3.48. The number of benzene rings is 2. The quantitative estimate of drug-likeness (QED) is 0.141. The molecular weight excluding hydrogens is 636 g/mol. The molecule has 0 radical (unpaired) electrons. The number of fused-ring (bicyclic) bond motifs is 2. The van der Waals surface area contributed by atoms with Crippen LogP contribution in [-0.2, 0) is 22.5 Å². The molecular formula is C35H39F2N7O5. The molecule has 0 bridgehead atoms. The van der Waals surface area contributed by atoms with Gasteiger partial charge in [0.2, 0.25) is 0 Å². The minimum atomic E-state index is -1.51. The third kappa shape index (κ3) is 6.95. The molecule has 4 aromatic rings. The Morgan fingerprint density at radius 1 is 1.27 bits per heavy atom. The highest BCUT2D eigenvalue weighted by molar-refractivity contribution is 5.94. The van der Waals surface area contributed by atoms with Crippen LogP contribution in [0.25, 0.3) is 16.9 Å². The fraction of sp³-hybridized carbons (Fsp3) is 0.343. The van der Waals surface area contributed by atoms with Crippen molar-refractivity contribution in [2.24, 2.45) is 10.8 Å². The Bertz CT molecular complexity index is 2000. The molecule has 2 aromatic heterocycles. The maximum Gasteiger partial charge on any atom is 0.337 e. The van der Waals surface area contributed by atoms with Gasteiger partial charge in [-0.05, 0) is 83.7 Å². The zero-order chi connectivity index (χ0) is 35.8. The molecule has 0 aliphatic carbocycles. The van der Waals surface area contributed by atoms with E-state index in [1.54, 1.807) is 34.6 Å². The molecule has 1 atom stereocenters. The van der Waals surface area contributed by atoms with E-state index in [1.807, 2.05) is 6.92 Å². The number of aromatic nitrogens is 3. The van der Waals surface area contributed by atoms with Crippen LogP contribution in [0, 0.1) is 25.5 Å². The molecule has 0 spiro atoms. The molecule has 0 fully saturated rings. The topological polar surface area (TPSA) is 157 Å². The minimum absolute atomic E-state index is 0.0475. The number of amides is 1. The number of carbonyl (C=O) groups excluding carboxylic acids is 1. The lowest BCUT2D eigenvalue weighted by molar-refractivity contribution is -0.160. The number of hydrogen-bond acceptors (Lipinski definition) is 9. The number of rotatable bonds is 10. The van der Waals surface area contributed by atoms with Gasteiger partial charge in [0.15, 0.2) is 29.0 Å². The van der Waals surface area contributed by atoms with Crippen LogP contribution in [0.3, 0.4) is 0 Å². The number of carboxylic acid groups (broad SMARTS) is 1. The van der Waals surface area contributed by atoms with Crippen LogP contribution in [0.5, 0.6) is 5.75 Å². The molecule has 0 saturated heterocycles. The van der Waals surface area contributed by atoms with Crippen molar-refractivity contribution >= 4 is 29.9 Å². The van der Waals surface area contributed by atoms with E-state index in [0.29, 0.717) is 58.8 Å². The summed E-state index contributed by atoms with van der Waals surface area (Å²) in [4.78, 5) is 31.0.